The fourth-order valence-electron chi connectivity index (χ4n) is 3.02. The summed E-state index contributed by atoms with van der Waals surface area (Å²) in [6.45, 7) is 5.06. The van der Waals surface area contributed by atoms with Crippen LogP contribution in [0, 0.1) is 13.8 Å². The molecule has 0 amide bonds. The summed E-state index contributed by atoms with van der Waals surface area (Å²) in [5, 5.41) is 0.0591. The van der Waals surface area contributed by atoms with Crippen molar-refractivity contribution in [2.75, 3.05) is 13.7 Å². The van der Waals surface area contributed by atoms with Gasteiger partial charge < -0.3 is 9.47 Å². The van der Waals surface area contributed by atoms with E-state index >= 15 is 0 Å². The number of methoxy groups -OCH3 is 1. The van der Waals surface area contributed by atoms with Crippen LogP contribution in [0.3, 0.4) is 0 Å². The number of alkyl halides is 1. The van der Waals surface area contributed by atoms with E-state index in [1.165, 1.54) is 24.8 Å². The predicted molar refractivity (Wildman–Crippen MR) is 83.9 cm³/mol. The van der Waals surface area contributed by atoms with Crippen LogP contribution in [0.15, 0.2) is 12.1 Å². The molecule has 1 fully saturated rings. The Hall–Kier alpha value is -0.730. The maximum Gasteiger partial charge on any atom is 0.124 e. The zero-order valence-electron chi connectivity index (χ0n) is 12.7. The number of benzene rings is 1. The number of hydrogen-bond acceptors (Lipinski definition) is 2. The van der Waals surface area contributed by atoms with E-state index in [0.717, 1.165) is 36.3 Å². The minimum atomic E-state index is 0.0591. The molecular weight excluding hydrogens is 272 g/mol. The van der Waals surface area contributed by atoms with E-state index in [1.54, 1.807) is 7.11 Å². The normalized spacial score (nSPS) is 20.7. The molecule has 0 N–H and O–H groups in total. The first-order valence-electron chi connectivity index (χ1n) is 7.52. The molecule has 2 nitrogen and oxygen atoms in total. The van der Waals surface area contributed by atoms with Gasteiger partial charge in [0, 0.05) is 6.61 Å². The fourth-order valence-corrected chi connectivity index (χ4v) is 3.27. The van der Waals surface area contributed by atoms with Gasteiger partial charge in [-0.2, -0.15) is 0 Å². The van der Waals surface area contributed by atoms with Gasteiger partial charge in [0.25, 0.3) is 0 Å². The molecule has 1 aliphatic heterocycles. The van der Waals surface area contributed by atoms with E-state index in [2.05, 4.69) is 26.0 Å². The van der Waals surface area contributed by atoms with Crippen LogP contribution in [0.1, 0.15) is 54.2 Å². The Labute approximate surface area is 127 Å². The summed E-state index contributed by atoms with van der Waals surface area (Å²) < 4.78 is 11.2. The smallest absolute Gasteiger partial charge is 0.124 e. The largest absolute Gasteiger partial charge is 0.496 e. The third-order valence-electron chi connectivity index (χ3n) is 4.06. The summed E-state index contributed by atoms with van der Waals surface area (Å²) in [6.07, 6.45) is 6.11. The van der Waals surface area contributed by atoms with E-state index in [1.807, 2.05) is 0 Å². The third kappa shape index (κ3) is 3.89. The van der Waals surface area contributed by atoms with Gasteiger partial charge in [-0.3, -0.25) is 0 Å². The second-order valence-corrected chi connectivity index (χ2v) is 6.25. The average molecular weight is 297 g/mol. The van der Waals surface area contributed by atoms with Crippen molar-refractivity contribution in [3.8, 4) is 5.75 Å². The molecule has 1 aromatic carbocycles. The first kappa shape index (κ1) is 15.7. The van der Waals surface area contributed by atoms with Crippen LogP contribution in [-0.2, 0) is 4.74 Å². The van der Waals surface area contributed by atoms with Crippen LogP contribution >= 0.6 is 11.6 Å². The minimum absolute atomic E-state index is 0.0591. The van der Waals surface area contributed by atoms with Crippen LogP contribution in [-0.4, -0.2) is 19.8 Å². The second kappa shape index (κ2) is 7.33. The van der Waals surface area contributed by atoms with Crippen molar-refractivity contribution in [1.29, 1.82) is 0 Å². The van der Waals surface area contributed by atoms with Crippen molar-refractivity contribution < 1.29 is 9.47 Å². The van der Waals surface area contributed by atoms with Gasteiger partial charge >= 0.3 is 0 Å². The van der Waals surface area contributed by atoms with Crippen molar-refractivity contribution >= 4 is 11.6 Å². The Balaban J connectivity index is 1.96. The maximum atomic E-state index is 6.57. The standard InChI is InChI=1S/C17H25ClO2/c1-12-10-14(11-13(2)17(12)19-3)16(18)8-7-15-6-4-5-9-20-15/h10-11,15-16H,4-9H2,1-3H3. The lowest BCUT2D eigenvalue weighted by atomic mass is 9.98. The van der Waals surface area contributed by atoms with Crippen LogP contribution < -0.4 is 4.74 Å². The molecule has 0 bridgehead atoms. The third-order valence-corrected chi connectivity index (χ3v) is 4.53. The van der Waals surface area contributed by atoms with Crippen LogP contribution in [0.2, 0.25) is 0 Å². The number of hydrogen-bond donors (Lipinski definition) is 0. The molecule has 1 saturated heterocycles. The van der Waals surface area contributed by atoms with E-state index in [9.17, 15) is 0 Å². The Morgan fingerprint density at radius 2 is 2.00 bits per heavy atom. The summed E-state index contributed by atoms with van der Waals surface area (Å²) in [5.41, 5.74) is 3.50. The molecule has 1 aromatic rings. The number of halogens is 1. The molecule has 0 spiro atoms. The molecule has 0 saturated carbocycles. The molecule has 112 valence electrons. The lowest BCUT2D eigenvalue weighted by Crippen LogP contribution is -2.19. The summed E-state index contributed by atoms with van der Waals surface area (Å²) in [7, 11) is 1.72. The fraction of sp³-hybridized carbons (Fsp3) is 0.647. The molecule has 0 aliphatic carbocycles. The zero-order valence-corrected chi connectivity index (χ0v) is 13.5. The first-order chi connectivity index (χ1) is 9.61. The van der Waals surface area contributed by atoms with Gasteiger partial charge in [0.05, 0.1) is 18.6 Å². The van der Waals surface area contributed by atoms with E-state index < -0.39 is 0 Å². The van der Waals surface area contributed by atoms with Gasteiger partial charge in [0.1, 0.15) is 5.75 Å². The highest BCUT2D eigenvalue weighted by Crippen LogP contribution is 2.33. The van der Waals surface area contributed by atoms with Gasteiger partial charge in [0.2, 0.25) is 0 Å². The topological polar surface area (TPSA) is 18.5 Å². The quantitative estimate of drug-likeness (QED) is 0.716. The number of aryl methyl sites for hydroxylation is 2. The highest BCUT2D eigenvalue weighted by Gasteiger charge is 2.17. The molecule has 20 heavy (non-hydrogen) atoms. The highest BCUT2D eigenvalue weighted by molar-refractivity contribution is 6.20. The molecule has 1 aliphatic rings. The Bertz CT molecular complexity index is 416. The molecule has 3 heteroatoms. The van der Waals surface area contributed by atoms with Crippen molar-refractivity contribution in [3.05, 3.63) is 28.8 Å². The van der Waals surface area contributed by atoms with Crippen molar-refractivity contribution in [3.63, 3.8) is 0 Å². The summed E-state index contributed by atoms with van der Waals surface area (Å²) in [4.78, 5) is 0. The molecule has 2 rings (SSSR count). The van der Waals surface area contributed by atoms with E-state index in [4.69, 9.17) is 21.1 Å². The van der Waals surface area contributed by atoms with Gasteiger partial charge in [-0.1, -0.05) is 12.1 Å². The molecule has 2 atom stereocenters. The predicted octanol–water partition coefficient (Wildman–Crippen LogP) is 4.94. The van der Waals surface area contributed by atoms with E-state index in [0.29, 0.717) is 6.10 Å². The van der Waals surface area contributed by atoms with Gasteiger partial charge in [-0.25, -0.2) is 0 Å². The Morgan fingerprint density at radius 3 is 2.55 bits per heavy atom. The van der Waals surface area contributed by atoms with Crippen molar-refractivity contribution in [2.45, 2.75) is 57.4 Å². The van der Waals surface area contributed by atoms with Gasteiger partial charge in [-0.15, -0.1) is 11.6 Å². The van der Waals surface area contributed by atoms with Gasteiger partial charge in [-0.05, 0) is 62.6 Å². The monoisotopic (exact) mass is 296 g/mol. The Morgan fingerprint density at radius 1 is 1.30 bits per heavy atom. The average Bonchev–Trinajstić information content (AvgIpc) is 2.45. The van der Waals surface area contributed by atoms with E-state index in [-0.39, 0.29) is 5.38 Å². The zero-order chi connectivity index (χ0) is 14.5. The lowest BCUT2D eigenvalue weighted by Gasteiger charge is -2.23. The van der Waals surface area contributed by atoms with Crippen molar-refractivity contribution in [2.24, 2.45) is 0 Å². The minimum Gasteiger partial charge on any atom is -0.496 e. The van der Waals surface area contributed by atoms with Crippen LogP contribution in [0.5, 0.6) is 5.75 Å². The number of rotatable bonds is 5. The van der Waals surface area contributed by atoms with Crippen LogP contribution in [0.25, 0.3) is 0 Å². The highest BCUT2D eigenvalue weighted by atomic mass is 35.5. The summed E-state index contributed by atoms with van der Waals surface area (Å²) in [5.74, 6) is 0.966. The second-order valence-electron chi connectivity index (χ2n) is 5.72. The Kier molecular flexibility index (Phi) is 5.74. The van der Waals surface area contributed by atoms with Crippen molar-refractivity contribution in [1.82, 2.24) is 0 Å². The first-order valence-corrected chi connectivity index (χ1v) is 7.96. The molecular formula is C17H25ClO2. The van der Waals surface area contributed by atoms with Crippen LogP contribution in [0.4, 0.5) is 0 Å². The summed E-state index contributed by atoms with van der Waals surface area (Å²) >= 11 is 6.57. The lowest BCUT2D eigenvalue weighted by molar-refractivity contribution is 0.0100. The molecule has 0 aromatic heterocycles. The molecule has 2 unspecified atom stereocenters. The maximum absolute atomic E-state index is 6.57. The number of ether oxygens (including phenoxy) is 2. The molecule has 0 radical (unpaired) electrons. The molecule has 1 heterocycles. The van der Waals surface area contributed by atoms with Gasteiger partial charge in [0.15, 0.2) is 0 Å². The summed E-state index contributed by atoms with van der Waals surface area (Å²) in [6, 6.07) is 4.29. The SMILES string of the molecule is COc1c(C)cc(C(Cl)CCC2CCCCO2)cc1C.